The summed E-state index contributed by atoms with van der Waals surface area (Å²) in [5.41, 5.74) is 5.91. The van der Waals surface area contributed by atoms with Crippen LogP contribution in [0.2, 0.25) is 0 Å². The van der Waals surface area contributed by atoms with Gasteiger partial charge in [-0.3, -0.25) is 14.9 Å². The van der Waals surface area contributed by atoms with E-state index in [9.17, 15) is 25.1 Å². The van der Waals surface area contributed by atoms with Gasteiger partial charge in [0.25, 0.3) is 5.69 Å². The number of nitrogens with zero attached hydrogens (tertiary/aromatic N) is 1. The summed E-state index contributed by atoms with van der Waals surface area (Å²) in [5.74, 6) is -1.03. The highest BCUT2D eigenvalue weighted by atomic mass is 16.6. The van der Waals surface area contributed by atoms with Gasteiger partial charge in [0.05, 0.1) is 11.3 Å². The number of phenolic OH excluding ortho intramolecular Hbond substituents is 2. The quantitative estimate of drug-likeness (QED) is 0.294. The molecule has 0 aromatic heterocycles. The number of nitro benzene ring substituents is 1. The van der Waals surface area contributed by atoms with Crippen molar-refractivity contribution in [3.63, 3.8) is 0 Å². The van der Waals surface area contributed by atoms with Gasteiger partial charge in [0.15, 0.2) is 11.5 Å². The zero-order valence-electron chi connectivity index (χ0n) is 11.3. The first-order chi connectivity index (χ1) is 10.4. The fourth-order valence-electron chi connectivity index (χ4n) is 1.85. The maximum absolute atomic E-state index is 11.9. The van der Waals surface area contributed by atoms with E-state index in [0.717, 1.165) is 0 Å². The summed E-state index contributed by atoms with van der Waals surface area (Å²) in [5, 5.41) is 31.8. The summed E-state index contributed by atoms with van der Waals surface area (Å²) in [6.45, 7) is 0. The van der Waals surface area contributed by atoms with Crippen LogP contribution < -0.4 is 11.1 Å². The number of carbonyl (C=O) groups is 1. The van der Waals surface area contributed by atoms with Crippen LogP contribution in [-0.4, -0.2) is 21.0 Å². The number of carbonyl (C=O) groups excluding carboxylic acids is 1. The number of nitrogen functional groups attached to an aromatic ring is 1. The Morgan fingerprint density at radius 3 is 2.55 bits per heavy atom. The molecular formula is C14H13N3O5. The third-order valence-corrected chi connectivity index (χ3v) is 2.92. The Hall–Kier alpha value is -3.29. The highest BCUT2D eigenvalue weighted by Gasteiger charge is 2.13. The number of nitro groups is 1. The van der Waals surface area contributed by atoms with Gasteiger partial charge in [0.1, 0.15) is 5.69 Å². The second-order valence-electron chi connectivity index (χ2n) is 4.58. The van der Waals surface area contributed by atoms with Gasteiger partial charge in [-0.2, -0.15) is 0 Å². The Labute approximate surface area is 125 Å². The Morgan fingerprint density at radius 2 is 1.91 bits per heavy atom. The summed E-state index contributed by atoms with van der Waals surface area (Å²) in [6, 6.07) is 7.97. The molecule has 0 atom stereocenters. The molecule has 0 aliphatic rings. The monoisotopic (exact) mass is 303 g/mol. The third-order valence-electron chi connectivity index (χ3n) is 2.92. The van der Waals surface area contributed by atoms with Gasteiger partial charge in [-0.05, 0) is 29.8 Å². The van der Waals surface area contributed by atoms with Crippen LogP contribution in [0.4, 0.5) is 17.1 Å². The summed E-state index contributed by atoms with van der Waals surface area (Å²) < 4.78 is 0. The molecule has 2 aromatic rings. The first kappa shape index (κ1) is 15.1. The summed E-state index contributed by atoms with van der Waals surface area (Å²) in [7, 11) is 0. The van der Waals surface area contributed by atoms with Crippen molar-refractivity contribution in [2.75, 3.05) is 11.1 Å². The van der Waals surface area contributed by atoms with Gasteiger partial charge in [0.2, 0.25) is 5.91 Å². The molecule has 8 nitrogen and oxygen atoms in total. The molecule has 0 spiro atoms. The van der Waals surface area contributed by atoms with E-state index in [-0.39, 0.29) is 35.0 Å². The van der Waals surface area contributed by atoms with Crippen LogP contribution in [0.5, 0.6) is 11.5 Å². The molecule has 8 heteroatoms. The molecule has 1 amide bonds. The number of nitrogens with two attached hydrogens (primary N) is 1. The fourth-order valence-corrected chi connectivity index (χ4v) is 1.85. The molecule has 2 aromatic carbocycles. The van der Waals surface area contributed by atoms with Crippen molar-refractivity contribution in [1.82, 2.24) is 0 Å². The molecule has 0 fully saturated rings. The lowest BCUT2D eigenvalue weighted by atomic mass is 10.1. The second-order valence-corrected chi connectivity index (χ2v) is 4.58. The zero-order chi connectivity index (χ0) is 16.3. The van der Waals surface area contributed by atoms with Crippen molar-refractivity contribution < 1.29 is 19.9 Å². The molecule has 0 radical (unpaired) electrons. The Kier molecular flexibility index (Phi) is 4.12. The lowest BCUT2D eigenvalue weighted by Gasteiger charge is -2.07. The average Bonchev–Trinajstić information content (AvgIpc) is 2.44. The summed E-state index contributed by atoms with van der Waals surface area (Å²) in [4.78, 5) is 22.0. The van der Waals surface area contributed by atoms with Crippen molar-refractivity contribution in [1.29, 1.82) is 0 Å². The molecule has 114 valence electrons. The molecule has 22 heavy (non-hydrogen) atoms. The van der Waals surface area contributed by atoms with E-state index in [2.05, 4.69) is 5.32 Å². The van der Waals surface area contributed by atoms with Gasteiger partial charge < -0.3 is 21.3 Å². The summed E-state index contributed by atoms with van der Waals surface area (Å²) >= 11 is 0. The number of anilines is 2. The van der Waals surface area contributed by atoms with Crippen LogP contribution >= 0.6 is 0 Å². The number of aromatic hydroxyl groups is 2. The van der Waals surface area contributed by atoms with Gasteiger partial charge >= 0.3 is 0 Å². The topological polar surface area (TPSA) is 139 Å². The minimum absolute atomic E-state index is 0.00598. The normalized spacial score (nSPS) is 10.2. The number of hydrogen-bond acceptors (Lipinski definition) is 6. The van der Waals surface area contributed by atoms with E-state index in [0.29, 0.717) is 5.56 Å². The smallest absolute Gasteiger partial charge is 0.294 e. The minimum Gasteiger partial charge on any atom is -0.504 e. The van der Waals surface area contributed by atoms with Crippen LogP contribution in [0.3, 0.4) is 0 Å². The standard InChI is InChI=1S/C14H13N3O5/c15-10-3-2-9(7-11(10)17(21)22)16-14(20)6-8-1-4-12(18)13(19)5-8/h1-5,7,18-19H,6,15H2,(H,16,20). The molecule has 0 saturated heterocycles. The number of phenols is 2. The largest absolute Gasteiger partial charge is 0.504 e. The van der Waals surface area contributed by atoms with Crippen molar-refractivity contribution in [2.24, 2.45) is 0 Å². The molecule has 2 rings (SSSR count). The van der Waals surface area contributed by atoms with Gasteiger partial charge in [-0.1, -0.05) is 6.07 Å². The Bertz CT molecular complexity index is 745. The van der Waals surface area contributed by atoms with E-state index >= 15 is 0 Å². The van der Waals surface area contributed by atoms with E-state index in [1.165, 1.54) is 36.4 Å². The third kappa shape index (κ3) is 3.42. The van der Waals surface area contributed by atoms with Crippen LogP contribution in [0.15, 0.2) is 36.4 Å². The molecule has 0 aliphatic carbocycles. The van der Waals surface area contributed by atoms with Gasteiger partial charge in [-0.25, -0.2) is 0 Å². The average molecular weight is 303 g/mol. The first-order valence-electron chi connectivity index (χ1n) is 6.21. The van der Waals surface area contributed by atoms with Crippen LogP contribution in [-0.2, 0) is 11.2 Å². The maximum atomic E-state index is 11.9. The predicted molar refractivity (Wildman–Crippen MR) is 79.6 cm³/mol. The van der Waals surface area contributed by atoms with E-state index in [1.54, 1.807) is 0 Å². The predicted octanol–water partition coefficient (Wildman–Crippen LogP) is 1.77. The number of rotatable bonds is 4. The molecule has 0 heterocycles. The van der Waals surface area contributed by atoms with Crippen LogP contribution in [0.25, 0.3) is 0 Å². The summed E-state index contributed by atoms with van der Waals surface area (Å²) in [6.07, 6.45) is -0.0635. The number of amides is 1. The second kappa shape index (κ2) is 6.00. The van der Waals surface area contributed by atoms with E-state index in [4.69, 9.17) is 5.73 Å². The van der Waals surface area contributed by atoms with Gasteiger partial charge in [-0.15, -0.1) is 0 Å². The van der Waals surface area contributed by atoms with Gasteiger partial charge in [0, 0.05) is 11.8 Å². The molecule has 0 bridgehead atoms. The highest BCUT2D eigenvalue weighted by molar-refractivity contribution is 5.93. The molecule has 0 saturated carbocycles. The van der Waals surface area contributed by atoms with E-state index in [1.807, 2.05) is 0 Å². The lowest BCUT2D eigenvalue weighted by Crippen LogP contribution is -2.14. The minimum atomic E-state index is -0.636. The zero-order valence-corrected chi connectivity index (χ0v) is 11.3. The SMILES string of the molecule is Nc1ccc(NC(=O)Cc2ccc(O)c(O)c2)cc1[N+](=O)[O-]. The number of hydrogen-bond donors (Lipinski definition) is 4. The van der Waals surface area contributed by atoms with Crippen molar-refractivity contribution in [2.45, 2.75) is 6.42 Å². The molecule has 0 aliphatic heterocycles. The van der Waals surface area contributed by atoms with E-state index < -0.39 is 10.8 Å². The van der Waals surface area contributed by atoms with Crippen molar-refractivity contribution in [3.8, 4) is 11.5 Å². The molecule has 5 N–H and O–H groups in total. The van der Waals surface area contributed by atoms with Crippen LogP contribution in [0, 0.1) is 10.1 Å². The van der Waals surface area contributed by atoms with Crippen molar-refractivity contribution >= 4 is 23.0 Å². The van der Waals surface area contributed by atoms with Crippen LogP contribution in [0.1, 0.15) is 5.56 Å². The van der Waals surface area contributed by atoms with Crippen molar-refractivity contribution in [3.05, 3.63) is 52.1 Å². The Balaban J connectivity index is 2.10. The lowest BCUT2D eigenvalue weighted by molar-refractivity contribution is -0.383. The highest BCUT2D eigenvalue weighted by Crippen LogP contribution is 2.26. The molecule has 0 unspecified atom stereocenters. The number of nitrogens with one attached hydrogen (secondary N) is 1. The maximum Gasteiger partial charge on any atom is 0.294 e. The molecular weight excluding hydrogens is 290 g/mol. The first-order valence-corrected chi connectivity index (χ1v) is 6.21. The fraction of sp³-hybridized carbons (Fsp3) is 0.0714. The Morgan fingerprint density at radius 1 is 1.18 bits per heavy atom. The number of benzene rings is 2.